The SMILES string of the molecule is Cc1c(-c2ccc(OC3CCN(C(=O)CCC(C)C)CC3)cc2)ccc2nccn12. The Morgan fingerprint density at radius 2 is 1.87 bits per heavy atom. The number of amides is 1. The number of benzene rings is 1. The number of aryl methyl sites for hydroxylation is 1. The van der Waals surface area contributed by atoms with Crippen molar-refractivity contribution in [1.82, 2.24) is 14.3 Å². The van der Waals surface area contributed by atoms with Crippen molar-refractivity contribution < 1.29 is 9.53 Å². The first-order valence-corrected chi connectivity index (χ1v) is 11.0. The molecule has 0 spiro atoms. The summed E-state index contributed by atoms with van der Waals surface area (Å²) in [5, 5.41) is 0. The smallest absolute Gasteiger partial charge is 0.222 e. The van der Waals surface area contributed by atoms with Gasteiger partial charge in [0.15, 0.2) is 0 Å². The second-order valence-electron chi connectivity index (χ2n) is 8.64. The zero-order valence-corrected chi connectivity index (χ0v) is 18.2. The molecule has 5 nitrogen and oxygen atoms in total. The van der Waals surface area contributed by atoms with E-state index < -0.39 is 0 Å². The molecule has 1 fully saturated rings. The molecule has 0 atom stereocenters. The third-order valence-electron chi connectivity index (χ3n) is 6.02. The summed E-state index contributed by atoms with van der Waals surface area (Å²) in [6.45, 7) is 8.03. The van der Waals surface area contributed by atoms with Crippen molar-refractivity contribution in [3.8, 4) is 16.9 Å². The number of hydrogen-bond donors (Lipinski definition) is 0. The first kappa shape index (κ1) is 20.5. The summed E-state index contributed by atoms with van der Waals surface area (Å²) >= 11 is 0. The zero-order valence-electron chi connectivity index (χ0n) is 18.2. The van der Waals surface area contributed by atoms with Gasteiger partial charge in [0.25, 0.3) is 0 Å². The van der Waals surface area contributed by atoms with Gasteiger partial charge in [-0.2, -0.15) is 0 Å². The van der Waals surface area contributed by atoms with Crippen molar-refractivity contribution >= 4 is 11.6 Å². The Bertz CT molecular complexity index is 999. The van der Waals surface area contributed by atoms with Gasteiger partial charge in [-0.1, -0.05) is 26.0 Å². The van der Waals surface area contributed by atoms with Crippen LogP contribution in [0.4, 0.5) is 0 Å². The number of fused-ring (bicyclic) bond motifs is 1. The van der Waals surface area contributed by atoms with Gasteiger partial charge in [-0.05, 0) is 49.1 Å². The molecule has 1 aliphatic rings. The summed E-state index contributed by atoms with van der Waals surface area (Å²) in [6.07, 6.45) is 7.41. The maximum atomic E-state index is 12.3. The van der Waals surface area contributed by atoms with E-state index >= 15 is 0 Å². The second kappa shape index (κ2) is 8.90. The summed E-state index contributed by atoms with van der Waals surface area (Å²) in [6, 6.07) is 12.5. The monoisotopic (exact) mass is 405 g/mol. The zero-order chi connectivity index (χ0) is 21.1. The summed E-state index contributed by atoms with van der Waals surface area (Å²) in [5.41, 5.74) is 4.50. The first-order valence-electron chi connectivity index (χ1n) is 11.0. The Kier molecular flexibility index (Phi) is 6.07. The van der Waals surface area contributed by atoms with Crippen LogP contribution in [0.5, 0.6) is 5.75 Å². The minimum atomic E-state index is 0.175. The molecule has 4 rings (SSSR count). The molecule has 1 aliphatic heterocycles. The van der Waals surface area contributed by atoms with Crippen molar-refractivity contribution in [2.75, 3.05) is 13.1 Å². The van der Waals surface area contributed by atoms with Crippen LogP contribution in [0, 0.1) is 12.8 Å². The fourth-order valence-electron chi connectivity index (χ4n) is 4.13. The predicted molar refractivity (Wildman–Crippen MR) is 120 cm³/mol. The molecule has 2 aromatic heterocycles. The lowest BCUT2D eigenvalue weighted by Gasteiger charge is -2.32. The number of piperidine rings is 1. The Morgan fingerprint density at radius 1 is 1.13 bits per heavy atom. The molecule has 0 unspecified atom stereocenters. The molecule has 0 aliphatic carbocycles. The van der Waals surface area contributed by atoms with E-state index in [1.807, 2.05) is 35.5 Å². The van der Waals surface area contributed by atoms with Gasteiger partial charge >= 0.3 is 0 Å². The third kappa shape index (κ3) is 4.50. The summed E-state index contributed by atoms with van der Waals surface area (Å²) in [4.78, 5) is 18.7. The van der Waals surface area contributed by atoms with Crippen LogP contribution in [0.2, 0.25) is 0 Å². The van der Waals surface area contributed by atoms with E-state index in [-0.39, 0.29) is 12.0 Å². The maximum absolute atomic E-state index is 12.3. The molecule has 5 heteroatoms. The van der Waals surface area contributed by atoms with Gasteiger partial charge in [0.1, 0.15) is 17.5 Å². The Hall–Kier alpha value is -2.82. The largest absolute Gasteiger partial charge is 0.490 e. The molecule has 0 radical (unpaired) electrons. The fraction of sp³-hybridized carbons (Fsp3) is 0.440. The molecule has 30 heavy (non-hydrogen) atoms. The van der Waals surface area contributed by atoms with Crippen molar-refractivity contribution in [3.63, 3.8) is 0 Å². The number of imidazole rings is 1. The number of pyridine rings is 1. The van der Waals surface area contributed by atoms with Gasteiger partial charge in [0, 0.05) is 56.0 Å². The van der Waals surface area contributed by atoms with Gasteiger partial charge in [-0.3, -0.25) is 4.79 Å². The first-order chi connectivity index (χ1) is 14.5. The van der Waals surface area contributed by atoms with E-state index in [4.69, 9.17) is 4.74 Å². The summed E-state index contributed by atoms with van der Waals surface area (Å²) in [5.74, 6) is 1.75. The number of rotatable bonds is 6. The highest BCUT2D eigenvalue weighted by molar-refractivity contribution is 5.76. The van der Waals surface area contributed by atoms with Crippen LogP contribution in [0.25, 0.3) is 16.8 Å². The van der Waals surface area contributed by atoms with Crippen molar-refractivity contribution in [2.24, 2.45) is 5.92 Å². The van der Waals surface area contributed by atoms with Crippen LogP contribution in [-0.2, 0) is 4.79 Å². The number of ether oxygens (including phenoxy) is 1. The topological polar surface area (TPSA) is 46.8 Å². The van der Waals surface area contributed by atoms with Crippen LogP contribution >= 0.6 is 0 Å². The van der Waals surface area contributed by atoms with Gasteiger partial charge in [-0.25, -0.2) is 4.98 Å². The van der Waals surface area contributed by atoms with E-state index in [2.05, 4.69) is 48.4 Å². The molecular formula is C25H31N3O2. The Morgan fingerprint density at radius 3 is 2.57 bits per heavy atom. The average molecular weight is 406 g/mol. The normalized spacial score (nSPS) is 15.1. The van der Waals surface area contributed by atoms with Crippen LogP contribution < -0.4 is 4.74 Å². The van der Waals surface area contributed by atoms with Crippen LogP contribution in [0.15, 0.2) is 48.8 Å². The van der Waals surface area contributed by atoms with E-state index in [0.717, 1.165) is 43.7 Å². The van der Waals surface area contributed by atoms with Crippen molar-refractivity contribution in [1.29, 1.82) is 0 Å². The highest BCUT2D eigenvalue weighted by Crippen LogP contribution is 2.27. The molecular weight excluding hydrogens is 374 g/mol. The number of carbonyl (C=O) groups is 1. The van der Waals surface area contributed by atoms with Crippen LogP contribution in [0.1, 0.15) is 45.2 Å². The predicted octanol–water partition coefficient (Wildman–Crippen LogP) is 5.12. The van der Waals surface area contributed by atoms with Gasteiger partial charge in [-0.15, -0.1) is 0 Å². The van der Waals surface area contributed by atoms with Crippen LogP contribution in [0.3, 0.4) is 0 Å². The van der Waals surface area contributed by atoms with E-state index in [1.165, 1.54) is 16.8 Å². The molecule has 0 saturated carbocycles. The highest BCUT2D eigenvalue weighted by Gasteiger charge is 2.23. The maximum Gasteiger partial charge on any atom is 0.222 e. The van der Waals surface area contributed by atoms with Crippen LogP contribution in [-0.4, -0.2) is 39.4 Å². The lowest BCUT2D eigenvalue weighted by molar-refractivity contribution is -0.133. The molecule has 1 aromatic carbocycles. The molecule has 0 N–H and O–H groups in total. The number of hydrogen-bond acceptors (Lipinski definition) is 3. The standard InChI is InChI=1S/C25H31N3O2/c1-18(2)4-11-25(29)27-15-12-22(13-16-27)30-21-7-5-20(6-8-21)23-9-10-24-26-14-17-28(24)19(23)3/h5-10,14,17-18,22H,4,11-13,15-16H2,1-3H3. The number of aromatic nitrogens is 2. The molecule has 0 bridgehead atoms. The fourth-order valence-corrected chi connectivity index (χ4v) is 4.13. The lowest BCUT2D eigenvalue weighted by Crippen LogP contribution is -2.41. The average Bonchev–Trinajstić information content (AvgIpc) is 3.23. The van der Waals surface area contributed by atoms with Crippen molar-refractivity contribution in [3.05, 3.63) is 54.5 Å². The van der Waals surface area contributed by atoms with Gasteiger partial charge in [0.05, 0.1) is 0 Å². The molecule has 3 heterocycles. The van der Waals surface area contributed by atoms with E-state index in [9.17, 15) is 4.79 Å². The second-order valence-corrected chi connectivity index (χ2v) is 8.64. The Balaban J connectivity index is 1.34. The minimum Gasteiger partial charge on any atom is -0.490 e. The van der Waals surface area contributed by atoms with Crippen molar-refractivity contribution in [2.45, 2.75) is 52.6 Å². The third-order valence-corrected chi connectivity index (χ3v) is 6.02. The number of nitrogens with zero attached hydrogens (tertiary/aromatic N) is 3. The van der Waals surface area contributed by atoms with E-state index in [1.54, 1.807) is 0 Å². The molecule has 1 saturated heterocycles. The number of carbonyl (C=O) groups excluding carboxylic acids is 1. The molecule has 3 aromatic rings. The Labute approximate surface area is 178 Å². The van der Waals surface area contributed by atoms with E-state index in [0.29, 0.717) is 12.3 Å². The molecule has 158 valence electrons. The lowest BCUT2D eigenvalue weighted by atomic mass is 10.0. The highest BCUT2D eigenvalue weighted by atomic mass is 16.5. The quantitative estimate of drug-likeness (QED) is 0.572. The minimum absolute atomic E-state index is 0.175. The van der Waals surface area contributed by atoms with Gasteiger partial charge in [0.2, 0.25) is 5.91 Å². The molecule has 1 amide bonds. The van der Waals surface area contributed by atoms with Gasteiger partial charge < -0.3 is 14.0 Å². The summed E-state index contributed by atoms with van der Waals surface area (Å²) < 4.78 is 8.31. The number of likely N-dealkylation sites (tertiary alicyclic amines) is 1. The summed E-state index contributed by atoms with van der Waals surface area (Å²) in [7, 11) is 0.